The van der Waals surface area contributed by atoms with Gasteiger partial charge in [-0.15, -0.1) is 0 Å². The van der Waals surface area contributed by atoms with Crippen LogP contribution in [0, 0.1) is 6.92 Å². The summed E-state index contributed by atoms with van der Waals surface area (Å²) in [6, 6.07) is 2.48. The van der Waals surface area contributed by atoms with Crippen LogP contribution in [0.25, 0.3) is 11.0 Å². The maximum atomic E-state index is 12.6. The predicted molar refractivity (Wildman–Crippen MR) is 96.0 cm³/mol. The molecule has 5 N–H and O–H groups in total. The second kappa shape index (κ2) is 7.61. The Balaban J connectivity index is 2.26. The summed E-state index contributed by atoms with van der Waals surface area (Å²) in [5.74, 6) is -0.535. The fourth-order valence-electron chi connectivity index (χ4n) is 3.52. The summed E-state index contributed by atoms with van der Waals surface area (Å²) in [5, 5.41) is 50.5. The van der Waals surface area contributed by atoms with Crippen LogP contribution in [0.3, 0.4) is 0 Å². The van der Waals surface area contributed by atoms with E-state index in [1.807, 2.05) is 0 Å². The minimum atomic E-state index is -1.67. The van der Waals surface area contributed by atoms with Gasteiger partial charge in [-0.2, -0.15) is 0 Å². The van der Waals surface area contributed by atoms with Crippen LogP contribution in [-0.2, 0) is 16.0 Å². The Bertz CT molecular complexity index is 962. The zero-order valence-electron chi connectivity index (χ0n) is 15.3. The highest BCUT2D eigenvalue weighted by atomic mass is 16.5. The number of ether oxygens (including phenoxy) is 1. The molecule has 0 bridgehead atoms. The minimum Gasteiger partial charge on any atom is -0.507 e. The number of hydrogen-bond acceptors (Lipinski definition) is 9. The Hall–Kier alpha value is -2.30. The van der Waals surface area contributed by atoms with Crippen molar-refractivity contribution in [1.82, 2.24) is 0 Å². The van der Waals surface area contributed by atoms with E-state index in [1.165, 1.54) is 19.1 Å². The lowest BCUT2D eigenvalue weighted by atomic mass is 9.89. The fraction of sp³-hybridized carbons (Fsp3) is 0.474. The van der Waals surface area contributed by atoms with Crippen LogP contribution in [-0.4, -0.2) is 62.3 Å². The number of phenols is 1. The molecule has 2 aromatic rings. The van der Waals surface area contributed by atoms with Crippen molar-refractivity contribution in [3.8, 4) is 5.75 Å². The molecule has 0 unspecified atom stereocenters. The molecule has 1 aromatic heterocycles. The lowest BCUT2D eigenvalue weighted by molar-refractivity contribution is -0.231. The standard InChI is InChI=1S/C19H22O9/c1-7-3-10(22)14(19-17(26)16(25)15(24)12(6-20)28-19)18-13(7)11(23)5-9(27-18)4-8(2)21/h3,5,12,15-17,19-20,22,24-26H,4,6H2,1-2H3/t12-,15-,16+,17-,19+/m1/s1. The van der Waals surface area contributed by atoms with Crippen LogP contribution >= 0.6 is 0 Å². The Morgan fingerprint density at radius 3 is 2.43 bits per heavy atom. The number of benzene rings is 1. The Labute approximate surface area is 159 Å². The molecule has 1 aliphatic rings. The van der Waals surface area contributed by atoms with Crippen molar-refractivity contribution >= 4 is 16.8 Å². The first-order valence-corrected chi connectivity index (χ1v) is 8.74. The van der Waals surface area contributed by atoms with Crippen LogP contribution in [0.2, 0.25) is 0 Å². The SMILES string of the molecule is CC(=O)Cc1cc(=O)c2c(C)cc(O)c([C@@H]3O[C@H](CO)[C@@H](O)[C@H](O)[C@H]3O)c2o1. The van der Waals surface area contributed by atoms with Crippen LogP contribution in [0.4, 0.5) is 0 Å². The molecule has 1 saturated heterocycles. The summed E-state index contributed by atoms with van der Waals surface area (Å²) in [7, 11) is 0. The quantitative estimate of drug-likeness (QED) is 0.459. The lowest BCUT2D eigenvalue weighted by Crippen LogP contribution is -2.55. The number of phenolic OH excluding ortho intramolecular Hbond substituents is 1. The number of fused-ring (bicyclic) bond motifs is 1. The van der Waals surface area contributed by atoms with E-state index in [-0.39, 0.29) is 40.2 Å². The van der Waals surface area contributed by atoms with Gasteiger partial charge in [-0.1, -0.05) is 0 Å². The Morgan fingerprint density at radius 1 is 1.14 bits per heavy atom. The van der Waals surface area contributed by atoms with Gasteiger partial charge in [0.15, 0.2) is 5.43 Å². The van der Waals surface area contributed by atoms with Crippen molar-refractivity contribution in [1.29, 1.82) is 0 Å². The van der Waals surface area contributed by atoms with Crippen LogP contribution in [0.15, 0.2) is 21.3 Å². The van der Waals surface area contributed by atoms with Crippen molar-refractivity contribution in [2.75, 3.05) is 6.61 Å². The molecule has 0 amide bonds. The first-order valence-electron chi connectivity index (χ1n) is 8.74. The number of hydrogen-bond donors (Lipinski definition) is 5. The van der Waals surface area contributed by atoms with Gasteiger partial charge >= 0.3 is 0 Å². The first-order chi connectivity index (χ1) is 13.1. The number of aliphatic hydroxyl groups is 4. The van der Waals surface area contributed by atoms with E-state index in [1.54, 1.807) is 6.92 Å². The zero-order chi connectivity index (χ0) is 20.7. The van der Waals surface area contributed by atoms with Gasteiger partial charge in [0.2, 0.25) is 0 Å². The van der Waals surface area contributed by atoms with Gasteiger partial charge in [0.1, 0.15) is 53.4 Å². The minimum absolute atomic E-state index is 0.0702. The Morgan fingerprint density at radius 2 is 1.82 bits per heavy atom. The number of ketones is 1. The van der Waals surface area contributed by atoms with Crippen molar-refractivity contribution in [2.24, 2.45) is 0 Å². The second-order valence-electron chi connectivity index (χ2n) is 7.04. The molecule has 3 rings (SSSR count). The molecule has 1 aromatic carbocycles. The smallest absolute Gasteiger partial charge is 0.193 e. The largest absolute Gasteiger partial charge is 0.507 e. The monoisotopic (exact) mass is 394 g/mol. The first kappa shape index (κ1) is 20.4. The molecule has 0 saturated carbocycles. The van der Waals surface area contributed by atoms with Crippen molar-refractivity contribution in [2.45, 2.75) is 50.8 Å². The molecule has 0 spiro atoms. The number of rotatable bonds is 4. The number of aliphatic hydroxyl groups excluding tert-OH is 4. The highest BCUT2D eigenvalue weighted by Crippen LogP contribution is 2.41. The number of aromatic hydroxyl groups is 1. The summed E-state index contributed by atoms with van der Waals surface area (Å²) in [5.41, 5.74) is -0.240. The number of carbonyl (C=O) groups is 1. The maximum Gasteiger partial charge on any atom is 0.193 e. The summed E-state index contributed by atoms with van der Waals surface area (Å²) >= 11 is 0. The highest BCUT2D eigenvalue weighted by molar-refractivity contribution is 5.86. The fourth-order valence-corrected chi connectivity index (χ4v) is 3.52. The van der Waals surface area contributed by atoms with Crippen molar-refractivity contribution in [3.05, 3.63) is 39.2 Å². The van der Waals surface area contributed by atoms with Gasteiger partial charge < -0.3 is 34.7 Å². The molecule has 28 heavy (non-hydrogen) atoms. The van der Waals surface area contributed by atoms with E-state index in [0.717, 1.165) is 0 Å². The number of Topliss-reactive ketones (excluding diaryl/α,β-unsaturated/α-hetero) is 1. The van der Waals surface area contributed by atoms with Crippen LogP contribution in [0.5, 0.6) is 5.75 Å². The third-order valence-corrected chi connectivity index (χ3v) is 4.87. The zero-order valence-corrected chi connectivity index (χ0v) is 15.3. The summed E-state index contributed by atoms with van der Waals surface area (Å²) < 4.78 is 11.2. The number of carbonyl (C=O) groups excluding carboxylic acids is 1. The average Bonchev–Trinajstić information content (AvgIpc) is 2.60. The van der Waals surface area contributed by atoms with Crippen LogP contribution < -0.4 is 5.43 Å². The lowest BCUT2D eigenvalue weighted by Gasteiger charge is -2.40. The summed E-state index contributed by atoms with van der Waals surface area (Å²) in [4.78, 5) is 24.0. The third-order valence-electron chi connectivity index (χ3n) is 4.87. The molecule has 5 atom stereocenters. The molecule has 0 aliphatic carbocycles. The van der Waals surface area contributed by atoms with Gasteiger partial charge in [-0.05, 0) is 25.5 Å². The van der Waals surface area contributed by atoms with Crippen molar-refractivity contribution in [3.63, 3.8) is 0 Å². The molecule has 2 heterocycles. The topological polar surface area (TPSA) is 158 Å². The predicted octanol–water partition coefficient (Wildman–Crippen LogP) is -0.547. The van der Waals surface area contributed by atoms with E-state index < -0.39 is 42.6 Å². The third kappa shape index (κ3) is 3.43. The molecule has 9 nitrogen and oxygen atoms in total. The van der Waals surface area contributed by atoms with E-state index in [4.69, 9.17) is 9.15 Å². The van der Waals surface area contributed by atoms with E-state index in [9.17, 15) is 35.1 Å². The molecular formula is C19H22O9. The number of aryl methyl sites for hydroxylation is 1. The molecular weight excluding hydrogens is 372 g/mol. The molecule has 9 heteroatoms. The van der Waals surface area contributed by atoms with Gasteiger partial charge in [-0.3, -0.25) is 9.59 Å². The van der Waals surface area contributed by atoms with E-state index in [2.05, 4.69) is 0 Å². The molecule has 152 valence electrons. The highest BCUT2D eigenvalue weighted by Gasteiger charge is 2.45. The Kier molecular flexibility index (Phi) is 5.55. The maximum absolute atomic E-state index is 12.6. The van der Waals surface area contributed by atoms with E-state index >= 15 is 0 Å². The van der Waals surface area contributed by atoms with Crippen molar-refractivity contribution < 1.29 is 39.5 Å². The van der Waals surface area contributed by atoms with Gasteiger partial charge in [0.05, 0.1) is 24.0 Å². The summed E-state index contributed by atoms with van der Waals surface area (Å²) in [6.07, 6.45) is -7.65. The second-order valence-corrected chi connectivity index (χ2v) is 7.04. The molecule has 1 aliphatic heterocycles. The van der Waals surface area contributed by atoms with Gasteiger partial charge in [0.25, 0.3) is 0 Å². The molecule has 0 radical (unpaired) electrons. The van der Waals surface area contributed by atoms with Gasteiger partial charge in [0, 0.05) is 6.07 Å². The summed E-state index contributed by atoms with van der Waals surface area (Å²) in [6.45, 7) is 2.27. The van der Waals surface area contributed by atoms with Gasteiger partial charge in [-0.25, -0.2) is 0 Å². The average molecular weight is 394 g/mol. The van der Waals surface area contributed by atoms with E-state index in [0.29, 0.717) is 5.56 Å². The van der Waals surface area contributed by atoms with Crippen LogP contribution in [0.1, 0.15) is 29.9 Å². The molecule has 1 fully saturated rings. The normalized spacial score (nSPS) is 27.9.